The predicted molar refractivity (Wildman–Crippen MR) is 93.7 cm³/mol. The number of aryl methyl sites for hydroxylation is 1. The quantitative estimate of drug-likeness (QED) is 0.346. The Hall–Kier alpha value is -2.46. The number of carbonyl (C=O) groups excluding carboxylic acids is 3. The van der Waals surface area contributed by atoms with Gasteiger partial charge in [0.05, 0.1) is 4.90 Å². The second kappa shape index (κ2) is 8.77. The monoisotopic (exact) mass is 382 g/mol. The number of hydrogen-bond donors (Lipinski definition) is 4. The molecule has 1 saturated heterocycles. The van der Waals surface area contributed by atoms with Crippen LogP contribution in [0.2, 0.25) is 0 Å². The van der Waals surface area contributed by atoms with Crippen molar-refractivity contribution < 1.29 is 22.8 Å². The number of amides is 4. The number of sulfonamides is 1. The minimum atomic E-state index is -3.56. The summed E-state index contributed by atoms with van der Waals surface area (Å²) in [5.41, 5.74) is 0.973. The molecule has 0 aliphatic carbocycles. The van der Waals surface area contributed by atoms with Gasteiger partial charge in [-0.3, -0.25) is 14.9 Å². The average Bonchev–Trinajstić information content (AvgIpc) is 2.90. The normalized spacial score (nSPS) is 16.9. The first-order chi connectivity index (χ1) is 12.3. The zero-order valence-corrected chi connectivity index (χ0v) is 15.2. The molecule has 0 spiro atoms. The first kappa shape index (κ1) is 19.9. The van der Waals surface area contributed by atoms with Crippen molar-refractivity contribution in [3.63, 3.8) is 0 Å². The lowest BCUT2D eigenvalue weighted by Crippen LogP contribution is -2.33. The van der Waals surface area contributed by atoms with Crippen molar-refractivity contribution in [1.82, 2.24) is 20.7 Å². The summed E-state index contributed by atoms with van der Waals surface area (Å²) < 4.78 is 26.6. The highest BCUT2D eigenvalue weighted by Gasteiger charge is 2.29. The predicted octanol–water partition coefficient (Wildman–Crippen LogP) is -0.232. The lowest BCUT2D eigenvalue weighted by atomic mass is 10.1. The summed E-state index contributed by atoms with van der Waals surface area (Å²) >= 11 is 0. The summed E-state index contributed by atoms with van der Waals surface area (Å²) in [6.45, 7) is 2.37. The van der Waals surface area contributed by atoms with E-state index in [1.165, 1.54) is 12.1 Å². The second-order valence-corrected chi connectivity index (χ2v) is 7.74. The van der Waals surface area contributed by atoms with Crippen LogP contribution in [0.1, 0.15) is 24.8 Å². The van der Waals surface area contributed by atoms with Gasteiger partial charge in [-0.05, 0) is 31.9 Å². The standard InChI is InChI=1S/C16H22N4O5S/c1-11-3-5-12(6-4-11)26(24,25)18-10-2-9-17-14(21)8-7-13-15(22)20-16(23)19-13/h3-6,13,18H,2,7-10H2,1H3,(H,17,21)(H2,19,20,22,23)/t13-/m0/s1. The number of hydrogen-bond acceptors (Lipinski definition) is 5. The van der Waals surface area contributed by atoms with E-state index in [1.807, 2.05) is 6.92 Å². The molecular formula is C16H22N4O5S. The van der Waals surface area contributed by atoms with Gasteiger partial charge in [-0.2, -0.15) is 0 Å². The topological polar surface area (TPSA) is 133 Å². The molecule has 0 aromatic heterocycles. The van der Waals surface area contributed by atoms with E-state index in [4.69, 9.17) is 0 Å². The highest BCUT2D eigenvalue weighted by Crippen LogP contribution is 2.09. The number of imide groups is 1. The number of carbonyl (C=O) groups is 3. The molecule has 142 valence electrons. The van der Waals surface area contributed by atoms with Crippen LogP contribution >= 0.6 is 0 Å². The number of urea groups is 1. The van der Waals surface area contributed by atoms with Gasteiger partial charge in [0.1, 0.15) is 6.04 Å². The van der Waals surface area contributed by atoms with E-state index in [0.29, 0.717) is 13.0 Å². The van der Waals surface area contributed by atoms with E-state index in [1.54, 1.807) is 12.1 Å². The van der Waals surface area contributed by atoms with Crippen molar-refractivity contribution in [2.24, 2.45) is 0 Å². The van der Waals surface area contributed by atoms with Crippen LogP contribution in [0.15, 0.2) is 29.2 Å². The molecule has 1 aliphatic rings. The molecule has 1 atom stereocenters. The molecule has 9 nitrogen and oxygen atoms in total. The summed E-state index contributed by atoms with van der Waals surface area (Å²) in [6.07, 6.45) is 0.731. The molecule has 26 heavy (non-hydrogen) atoms. The third-order valence-corrected chi connectivity index (χ3v) is 5.29. The van der Waals surface area contributed by atoms with Gasteiger partial charge in [0.25, 0.3) is 5.91 Å². The third kappa shape index (κ3) is 5.81. The van der Waals surface area contributed by atoms with E-state index >= 15 is 0 Å². The fraction of sp³-hybridized carbons (Fsp3) is 0.438. The lowest BCUT2D eigenvalue weighted by molar-refractivity contribution is -0.122. The average molecular weight is 382 g/mol. The van der Waals surface area contributed by atoms with Gasteiger partial charge in [-0.15, -0.1) is 0 Å². The maximum Gasteiger partial charge on any atom is 0.322 e. The van der Waals surface area contributed by atoms with Crippen LogP contribution in [-0.4, -0.2) is 45.4 Å². The van der Waals surface area contributed by atoms with E-state index < -0.39 is 28.0 Å². The fourth-order valence-electron chi connectivity index (χ4n) is 2.35. The molecule has 0 saturated carbocycles. The van der Waals surface area contributed by atoms with E-state index in [0.717, 1.165) is 5.56 Å². The van der Waals surface area contributed by atoms with Crippen molar-refractivity contribution >= 4 is 27.9 Å². The van der Waals surface area contributed by atoms with Gasteiger partial charge in [-0.1, -0.05) is 17.7 Å². The van der Waals surface area contributed by atoms with Crippen molar-refractivity contribution in [2.75, 3.05) is 13.1 Å². The smallest absolute Gasteiger partial charge is 0.322 e. The summed E-state index contributed by atoms with van der Waals surface area (Å²) in [6, 6.07) is 5.29. The Bertz CT molecular complexity index is 776. The van der Waals surface area contributed by atoms with Gasteiger partial charge in [0.2, 0.25) is 15.9 Å². The molecule has 1 aliphatic heterocycles. The summed E-state index contributed by atoms with van der Waals surface area (Å²) in [4.78, 5) is 34.2. The van der Waals surface area contributed by atoms with Crippen molar-refractivity contribution in [3.8, 4) is 0 Å². The zero-order valence-electron chi connectivity index (χ0n) is 14.4. The highest BCUT2D eigenvalue weighted by atomic mass is 32.2. The SMILES string of the molecule is Cc1ccc(S(=O)(=O)NCCCNC(=O)CC[C@@H]2NC(=O)NC2=O)cc1. The van der Waals surface area contributed by atoms with Gasteiger partial charge in [-0.25, -0.2) is 17.9 Å². The van der Waals surface area contributed by atoms with Gasteiger partial charge in [0, 0.05) is 19.5 Å². The molecule has 0 unspecified atom stereocenters. The Balaban J connectivity index is 1.62. The summed E-state index contributed by atoms with van der Waals surface area (Å²) in [5.74, 6) is -0.700. The highest BCUT2D eigenvalue weighted by molar-refractivity contribution is 7.89. The number of rotatable bonds is 9. The molecule has 2 rings (SSSR count). The minimum Gasteiger partial charge on any atom is -0.356 e. The largest absolute Gasteiger partial charge is 0.356 e. The Labute approximate surface area is 152 Å². The van der Waals surface area contributed by atoms with Crippen LogP contribution in [0.25, 0.3) is 0 Å². The molecule has 1 heterocycles. The van der Waals surface area contributed by atoms with Crippen molar-refractivity contribution in [1.29, 1.82) is 0 Å². The van der Waals surface area contributed by atoms with E-state index in [-0.39, 0.29) is 30.2 Å². The molecule has 4 N–H and O–H groups in total. The first-order valence-electron chi connectivity index (χ1n) is 8.22. The first-order valence-corrected chi connectivity index (χ1v) is 9.70. The Morgan fingerprint density at radius 3 is 2.46 bits per heavy atom. The molecule has 1 fully saturated rings. The molecule has 4 amide bonds. The van der Waals surface area contributed by atoms with Crippen LogP contribution in [-0.2, 0) is 19.6 Å². The molecule has 0 radical (unpaired) electrons. The van der Waals surface area contributed by atoms with Crippen molar-refractivity contribution in [3.05, 3.63) is 29.8 Å². The third-order valence-electron chi connectivity index (χ3n) is 3.82. The molecule has 0 bridgehead atoms. The maximum atomic E-state index is 12.1. The maximum absolute atomic E-state index is 12.1. The van der Waals surface area contributed by atoms with Crippen LogP contribution in [0.5, 0.6) is 0 Å². The fourth-order valence-corrected chi connectivity index (χ4v) is 3.42. The van der Waals surface area contributed by atoms with E-state index in [2.05, 4.69) is 20.7 Å². The molecule has 1 aromatic rings. The molecule has 10 heteroatoms. The van der Waals surface area contributed by atoms with Crippen molar-refractivity contribution in [2.45, 2.75) is 37.1 Å². The van der Waals surface area contributed by atoms with Gasteiger partial charge < -0.3 is 10.6 Å². The van der Waals surface area contributed by atoms with Gasteiger partial charge in [0.15, 0.2) is 0 Å². The zero-order chi connectivity index (χ0) is 19.2. The van der Waals surface area contributed by atoms with E-state index in [9.17, 15) is 22.8 Å². The lowest BCUT2D eigenvalue weighted by Gasteiger charge is -2.09. The van der Waals surface area contributed by atoms with Crippen LogP contribution in [0.4, 0.5) is 4.79 Å². The molecular weight excluding hydrogens is 360 g/mol. The Kier molecular flexibility index (Phi) is 6.70. The van der Waals surface area contributed by atoms with Gasteiger partial charge >= 0.3 is 6.03 Å². The number of nitrogens with one attached hydrogen (secondary N) is 4. The van der Waals surface area contributed by atoms with Crippen LogP contribution in [0, 0.1) is 6.92 Å². The summed E-state index contributed by atoms with van der Waals surface area (Å²) in [7, 11) is -3.56. The Morgan fingerprint density at radius 2 is 1.85 bits per heavy atom. The Morgan fingerprint density at radius 1 is 1.15 bits per heavy atom. The van der Waals surface area contributed by atoms with Crippen LogP contribution in [0.3, 0.4) is 0 Å². The number of benzene rings is 1. The second-order valence-electron chi connectivity index (χ2n) is 5.97. The van der Waals surface area contributed by atoms with Crippen LogP contribution < -0.4 is 20.7 Å². The minimum absolute atomic E-state index is 0.0907. The molecule has 1 aromatic carbocycles. The summed E-state index contributed by atoms with van der Waals surface area (Å²) in [5, 5.41) is 7.16.